The molecule has 2 aromatic rings. The first kappa shape index (κ1) is 48.4. The molecular weight excluding hydrogens is 847 g/mol. The Hall–Kier alpha value is -2.97. The van der Waals surface area contributed by atoms with Crippen LogP contribution in [0.5, 0.6) is 0 Å². The third-order valence-corrected chi connectivity index (χ3v) is 11.9. The molecule has 7 atom stereocenters. The molecule has 30 heteroatoms. The summed E-state index contributed by atoms with van der Waals surface area (Å²) in [6.45, 7) is 0.419. The maximum atomic E-state index is 12.7. The van der Waals surface area contributed by atoms with Crippen LogP contribution in [0.15, 0.2) is 12.7 Å². The van der Waals surface area contributed by atoms with E-state index in [1.807, 2.05) is 0 Å². The van der Waals surface area contributed by atoms with E-state index in [1.54, 1.807) is 0 Å². The minimum absolute atomic E-state index is 0.0262. The zero-order chi connectivity index (χ0) is 42.8. The number of amidine groups is 1. The maximum Gasteiger partial charge on any atom is 0.481 e. The molecule has 0 aliphatic carbocycles. The van der Waals surface area contributed by atoms with Crippen LogP contribution in [0, 0.1) is 10.8 Å². The van der Waals surface area contributed by atoms with Gasteiger partial charge in [0.1, 0.15) is 36.3 Å². The van der Waals surface area contributed by atoms with Gasteiger partial charge in [-0.1, -0.05) is 25.6 Å². The number of nitrogens with zero attached hydrogens (tertiary/aromatic N) is 4. The van der Waals surface area contributed by atoms with Crippen LogP contribution in [0.2, 0.25) is 0 Å². The van der Waals surface area contributed by atoms with E-state index in [2.05, 4.69) is 34.4 Å². The van der Waals surface area contributed by atoms with Gasteiger partial charge in [-0.3, -0.25) is 37.9 Å². The van der Waals surface area contributed by atoms with Crippen LogP contribution in [-0.2, 0) is 50.7 Å². The van der Waals surface area contributed by atoms with Gasteiger partial charge in [0, 0.05) is 43.5 Å². The smallest absolute Gasteiger partial charge is 0.388 e. The van der Waals surface area contributed by atoms with Crippen molar-refractivity contribution < 1.29 is 80.5 Å². The van der Waals surface area contributed by atoms with Gasteiger partial charge in [-0.2, -0.15) is 4.31 Å². The predicted molar refractivity (Wildman–Crippen MR) is 197 cm³/mol. The van der Waals surface area contributed by atoms with Crippen molar-refractivity contribution in [2.24, 2.45) is 11.1 Å². The molecule has 7 unspecified atom stereocenters. The van der Waals surface area contributed by atoms with E-state index in [0.717, 1.165) is 29.0 Å². The number of thioether (sulfide) groups is 1. The molecule has 1 saturated heterocycles. The normalized spacial score (nSPS) is 21.4. The Bertz CT molecular complexity index is 1880. The molecule has 0 radical (unpaired) electrons. The van der Waals surface area contributed by atoms with Crippen molar-refractivity contribution in [1.29, 1.82) is 5.41 Å². The van der Waals surface area contributed by atoms with E-state index in [1.165, 1.54) is 13.8 Å². The van der Waals surface area contributed by atoms with Crippen LogP contribution in [0.1, 0.15) is 52.2 Å². The van der Waals surface area contributed by atoms with Gasteiger partial charge >= 0.3 is 23.5 Å². The quantitative estimate of drug-likeness (QED) is 0.0265. The van der Waals surface area contributed by atoms with Gasteiger partial charge in [0.05, 0.1) is 25.4 Å². The summed E-state index contributed by atoms with van der Waals surface area (Å²) in [6.07, 6.45) is -5.02. The number of ether oxygens (including phenoxy) is 1. The lowest BCUT2D eigenvalue weighted by Crippen LogP contribution is -2.46. The molecule has 322 valence electrons. The number of nitrogens with one attached hydrogen (secondary N) is 3. The number of phosphoric ester groups is 3. The number of nitrogens with two attached hydrogens (primary N) is 2. The fourth-order valence-corrected chi connectivity index (χ4v) is 8.50. The van der Waals surface area contributed by atoms with Crippen LogP contribution < -0.4 is 22.1 Å². The zero-order valence-corrected chi connectivity index (χ0v) is 34.0. The third-order valence-electron chi connectivity index (χ3n) is 7.84. The molecular formula is C27H46N9O17P3S. The highest BCUT2D eigenvalue weighted by Gasteiger charge is 2.50. The SMILES string of the molecule is CC(C)(COP(=O)(O)OP(=O)(O)OCC1OC(n2cnc3c(N)ncnc32)C(O)C1OP(=O)(O)O)C(O)C(=O)NCCC(=O)NCCSC(=O)CCCCC(=N)N. The monoisotopic (exact) mass is 893 g/mol. The molecule has 1 fully saturated rings. The lowest BCUT2D eigenvalue weighted by molar-refractivity contribution is -0.137. The molecule has 3 rings (SSSR count). The molecule has 2 amide bonds. The van der Waals surface area contributed by atoms with Crippen molar-refractivity contribution in [1.82, 2.24) is 30.2 Å². The summed E-state index contributed by atoms with van der Waals surface area (Å²) in [7, 11) is -16.4. The van der Waals surface area contributed by atoms with Crippen LogP contribution >= 0.6 is 35.2 Å². The van der Waals surface area contributed by atoms with Crippen molar-refractivity contribution in [3.05, 3.63) is 12.7 Å². The first-order valence-corrected chi connectivity index (χ1v) is 22.3. The minimum Gasteiger partial charge on any atom is -0.388 e. The van der Waals surface area contributed by atoms with Crippen molar-refractivity contribution >= 4 is 75.0 Å². The number of amides is 2. The molecule has 1 aliphatic heterocycles. The molecule has 57 heavy (non-hydrogen) atoms. The van der Waals surface area contributed by atoms with Crippen molar-refractivity contribution in [3.63, 3.8) is 0 Å². The van der Waals surface area contributed by atoms with E-state index in [0.29, 0.717) is 31.4 Å². The van der Waals surface area contributed by atoms with Crippen molar-refractivity contribution in [2.45, 2.75) is 76.6 Å². The van der Waals surface area contributed by atoms with Crippen molar-refractivity contribution in [3.8, 4) is 0 Å². The van der Waals surface area contributed by atoms with Crippen molar-refractivity contribution in [2.75, 3.05) is 37.8 Å². The van der Waals surface area contributed by atoms with E-state index in [9.17, 15) is 57.9 Å². The Balaban J connectivity index is 1.46. The number of rotatable bonds is 24. The highest BCUT2D eigenvalue weighted by Crippen LogP contribution is 2.61. The molecule has 13 N–H and O–H groups in total. The Morgan fingerprint density at radius 2 is 1.70 bits per heavy atom. The predicted octanol–water partition coefficient (Wildman–Crippen LogP) is -0.839. The van der Waals surface area contributed by atoms with Gasteiger partial charge in [0.2, 0.25) is 11.8 Å². The lowest BCUT2D eigenvalue weighted by Gasteiger charge is -2.30. The number of carbonyl (C=O) groups excluding carboxylic acids is 3. The fourth-order valence-electron chi connectivity index (χ4n) is 4.95. The molecule has 0 spiro atoms. The summed E-state index contributed by atoms with van der Waals surface area (Å²) in [6, 6.07) is 0. The summed E-state index contributed by atoms with van der Waals surface area (Å²) >= 11 is 1.04. The van der Waals surface area contributed by atoms with Gasteiger partial charge in [-0.25, -0.2) is 28.6 Å². The maximum absolute atomic E-state index is 12.7. The Morgan fingerprint density at radius 3 is 2.37 bits per heavy atom. The largest absolute Gasteiger partial charge is 0.481 e. The van der Waals surface area contributed by atoms with Crippen LogP contribution in [-0.4, -0.2) is 129 Å². The van der Waals surface area contributed by atoms with Crippen LogP contribution in [0.25, 0.3) is 11.2 Å². The van der Waals surface area contributed by atoms with Gasteiger partial charge in [0.25, 0.3) is 0 Å². The number of hydrogen-bond acceptors (Lipinski definition) is 19. The number of aliphatic hydroxyl groups excluding tert-OH is 2. The number of hydrogen-bond donors (Lipinski definition) is 11. The van der Waals surface area contributed by atoms with E-state index in [-0.39, 0.29) is 47.4 Å². The molecule has 26 nitrogen and oxygen atoms in total. The summed E-state index contributed by atoms with van der Waals surface area (Å²) in [4.78, 5) is 87.4. The topological polar surface area (TPSA) is 413 Å². The number of aromatic nitrogens is 4. The average molecular weight is 894 g/mol. The first-order valence-electron chi connectivity index (χ1n) is 16.8. The van der Waals surface area contributed by atoms with Gasteiger partial charge < -0.3 is 56.6 Å². The fraction of sp³-hybridized carbons (Fsp3) is 0.667. The summed E-state index contributed by atoms with van der Waals surface area (Å²) in [5.41, 5.74) is 9.51. The standard InChI is InChI=1S/C27H46N9O17P3S/c1-27(2,22(40)25(41)32-8-7-17(37)31-9-10-57-18(38)6-4-3-5-16(28)29)12-50-56(47,48)53-55(45,46)49-11-15-21(52-54(42,43)44)20(39)26(51-15)36-14-35-19-23(30)33-13-34-24(19)36/h13-15,20-22,26,39-40H,3-12H2,1-2H3,(H3,28,29)(H,31,37)(H,32,41)(H,45,46)(H,47,48)(H2,30,33,34)(H2,42,43,44). The molecule has 1 aliphatic rings. The lowest BCUT2D eigenvalue weighted by atomic mass is 9.87. The number of unbranched alkanes of at least 4 members (excludes halogenated alkanes) is 1. The third kappa shape index (κ3) is 15.6. The van der Waals surface area contributed by atoms with Gasteiger partial charge in [-0.15, -0.1) is 0 Å². The van der Waals surface area contributed by atoms with E-state index < -0.39 is 84.6 Å². The number of fused-ring (bicyclic) bond motifs is 1. The van der Waals surface area contributed by atoms with E-state index >= 15 is 0 Å². The number of phosphoric acid groups is 3. The molecule has 3 heterocycles. The summed E-state index contributed by atoms with van der Waals surface area (Å²) < 4.78 is 62.1. The Labute approximate surface area is 328 Å². The number of aliphatic hydroxyl groups is 2. The van der Waals surface area contributed by atoms with Crippen LogP contribution in [0.4, 0.5) is 5.82 Å². The van der Waals surface area contributed by atoms with Gasteiger partial charge in [-0.05, 0) is 12.8 Å². The molecule has 0 aromatic carbocycles. The van der Waals surface area contributed by atoms with Gasteiger partial charge in [0.15, 0.2) is 22.8 Å². The Morgan fingerprint density at radius 1 is 1.04 bits per heavy atom. The highest BCUT2D eigenvalue weighted by atomic mass is 32.2. The second kappa shape index (κ2) is 20.8. The average Bonchev–Trinajstić information content (AvgIpc) is 3.66. The minimum atomic E-state index is -5.58. The number of imidazole rings is 1. The molecule has 2 aromatic heterocycles. The number of nitrogen functional groups attached to an aromatic ring is 1. The zero-order valence-electron chi connectivity index (χ0n) is 30.5. The summed E-state index contributed by atoms with van der Waals surface area (Å²) in [5.74, 6) is -1.12. The first-order chi connectivity index (χ1) is 26.4. The highest BCUT2D eigenvalue weighted by molar-refractivity contribution is 8.13. The number of anilines is 1. The molecule has 0 saturated carbocycles. The second-order valence-electron chi connectivity index (χ2n) is 13.0. The van der Waals surface area contributed by atoms with Crippen LogP contribution in [0.3, 0.4) is 0 Å². The van der Waals surface area contributed by atoms with E-state index in [4.69, 9.17) is 30.7 Å². The Kier molecular flexibility index (Phi) is 17.7. The molecule has 0 bridgehead atoms. The number of carbonyl (C=O) groups is 3. The summed E-state index contributed by atoms with van der Waals surface area (Å²) in [5, 5.41) is 33.4. The second-order valence-corrected chi connectivity index (χ2v) is 18.4.